The Bertz CT molecular complexity index is 603. The van der Waals surface area contributed by atoms with E-state index in [1.165, 1.54) is 0 Å². The highest BCUT2D eigenvalue weighted by atomic mass is 31.2. The Kier molecular flexibility index (Phi) is 4.18. The highest BCUT2D eigenvalue weighted by Crippen LogP contribution is 2.39. The monoisotopic (exact) mass is 273 g/mol. The lowest BCUT2D eigenvalue weighted by atomic mass is 10.2. The van der Waals surface area contributed by atoms with E-state index in [-0.39, 0.29) is 0 Å². The third kappa shape index (κ3) is 4.38. The Morgan fingerprint density at radius 3 is 2.00 bits per heavy atom. The summed E-state index contributed by atoms with van der Waals surface area (Å²) in [6, 6.07) is 19.0. The maximum atomic E-state index is 11.9. The molecule has 2 rings (SSSR count). The summed E-state index contributed by atoms with van der Waals surface area (Å²) in [4.78, 5) is 4.44. The van der Waals surface area contributed by atoms with Gasteiger partial charge in [0.1, 0.15) is 0 Å². The molecule has 0 fully saturated rings. The molecular weight excluding hydrogens is 257 g/mol. The van der Waals surface area contributed by atoms with E-state index in [9.17, 15) is 4.57 Å². The van der Waals surface area contributed by atoms with Gasteiger partial charge in [0, 0.05) is 18.9 Å². The molecule has 0 heterocycles. The van der Waals surface area contributed by atoms with E-state index in [2.05, 4.69) is 4.99 Å². The first-order chi connectivity index (χ1) is 9.04. The van der Waals surface area contributed by atoms with Crippen LogP contribution in [0.5, 0.6) is 0 Å². The summed E-state index contributed by atoms with van der Waals surface area (Å²) < 4.78 is 17.4. The van der Waals surface area contributed by atoms with E-state index in [1.54, 1.807) is 13.3 Å². The standard InChI is InChI=1S/C15H16NO2P/c1-19(2,17)18-15(13-9-5-3-6-10-13)16-14-11-7-4-8-12-14/h3-12H,1-2H3. The van der Waals surface area contributed by atoms with Gasteiger partial charge in [-0.25, -0.2) is 4.99 Å². The van der Waals surface area contributed by atoms with Gasteiger partial charge >= 0.3 is 0 Å². The topological polar surface area (TPSA) is 38.7 Å². The van der Waals surface area contributed by atoms with Crippen molar-refractivity contribution in [3.8, 4) is 0 Å². The van der Waals surface area contributed by atoms with Crippen molar-refractivity contribution in [1.82, 2.24) is 0 Å². The third-order valence-electron chi connectivity index (χ3n) is 2.31. The summed E-state index contributed by atoms with van der Waals surface area (Å²) in [6.45, 7) is 3.16. The van der Waals surface area contributed by atoms with Crippen molar-refractivity contribution in [1.29, 1.82) is 0 Å². The van der Waals surface area contributed by atoms with Crippen LogP contribution in [0.2, 0.25) is 0 Å². The Morgan fingerprint density at radius 1 is 0.947 bits per heavy atom. The third-order valence-corrected chi connectivity index (χ3v) is 2.93. The molecule has 98 valence electrons. The van der Waals surface area contributed by atoms with Crippen LogP contribution in [0.15, 0.2) is 65.7 Å². The summed E-state index contributed by atoms with van der Waals surface area (Å²) in [5, 5.41) is 0. The van der Waals surface area contributed by atoms with E-state index < -0.39 is 7.37 Å². The predicted molar refractivity (Wildman–Crippen MR) is 79.6 cm³/mol. The fourth-order valence-electron chi connectivity index (χ4n) is 1.55. The maximum absolute atomic E-state index is 11.9. The van der Waals surface area contributed by atoms with Gasteiger partial charge in [-0.05, 0) is 24.3 Å². The first-order valence-electron chi connectivity index (χ1n) is 5.98. The Hall–Kier alpha value is -1.86. The number of aliphatic imine (C=N–C) groups is 1. The minimum atomic E-state index is -2.66. The molecule has 0 bridgehead atoms. The fourth-order valence-corrected chi connectivity index (χ4v) is 2.11. The summed E-state index contributed by atoms with van der Waals surface area (Å²) in [5.74, 6) is 0.389. The SMILES string of the molecule is CP(C)(=O)OC(=Nc1ccccc1)c1ccccc1. The molecule has 19 heavy (non-hydrogen) atoms. The van der Waals surface area contributed by atoms with Gasteiger partial charge in [0.2, 0.25) is 13.3 Å². The van der Waals surface area contributed by atoms with Crippen molar-refractivity contribution in [2.24, 2.45) is 4.99 Å². The Morgan fingerprint density at radius 2 is 1.47 bits per heavy atom. The molecule has 0 radical (unpaired) electrons. The van der Waals surface area contributed by atoms with Crippen LogP contribution in [0, 0.1) is 0 Å². The lowest BCUT2D eigenvalue weighted by molar-refractivity contribution is 0.491. The first-order valence-corrected chi connectivity index (χ1v) is 8.50. The quantitative estimate of drug-likeness (QED) is 0.474. The first kappa shape index (κ1) is 13.6. The molecule has 0 saturated heterocycles. The van der Waals surface area contributed by atoms with E-state index in [4.69, 9.17) is 4.52 Å². The van der Waals surface area contributed by atoms with E-state index in [0.717, 1.165) is 11.3 Å². The molecule has 0 atom stereocenters. The van der Waals surface area contributed by atoms with Gasteiger partial charge in [0.25, 0.3) is 0 Å². The van der Waals surface area contributed by atoms with Crippen LogP contribution in [0.4, 0.5) is 5.69 Å². The molecule has 0 saturated carbocycles. The molecule has 2 aromatic rings. The fraction of sp³-hybridized carbons (Fsp3) is 0.133. The van der Waals surface area contributed by atoms with Crippen LogP contribution in [0.1, 0.15) is 5.56 Å². The molecule has 0 aliphatic carbocycles. The van der Waals surface area contributed by atoms with Gasteiger partial charge < -0.3 is 4.52 Å². The van der Waals surface area contributed by atoms with Gasteiger partial charge in [-0.15, -0.1) is 0 Å². The van der Waals surface area contributed by atoms with E-state index in [1.807, 2.05) is 60.7 Å². The number of hydrogen-bond acceptors (Lipinski definition) is 3. The molecule has 0 N–H and O–H groups in total. The molecule has 0 amide bonds. The van der Waals surface area contributed by atoms with Crippen molar-refractivity contribution >= 4 is 19.0 Å². The molecule has 0 spiro atoms. The smallest absolute Gasteiger partial charge is 0.243 e. The second kappa shape index (κ2) is 5.85. The van der Waals surface area contributed by atoms with Gasteiger partial charge in [-0.1, -0.05) is 36.4 Å². The lowest BCUT2D eigenvalue weighted by Crippen LogP contribution is -2.04. The number of rotatable bonds is 3. The molecule has 0 aromatic heterocycles. The zero-order valence-corrected chi connectivity index (χ0v) is 11.9. The van der Waals surface area contributed by atoms with Crippen molar-refractivity contribution in [2.45, 2.75) is 0 Å². The molecule has 0 aliphatic heterocycles. The van der Waals surface area contributed by atoms with E-state index in [0.29, 0.717) is 5.90 Å². The van der Waals surface area contributed by atoms with Crippen LogP contribution >= 0.6 is 7.37 Å². The molecule has 3 nitrogen and oxygen atoms in total. The highest BCUT2D eigenvalue weighted by Gasteiger charge is 2.14. The average Bonchev–Trinajstić information content (AvgIpc) is 2.39. The summed E-state index contributed by atoms with van der Waals surface area (Å²) in [7, 11) is -2.66. The number of para-hydroxylation sites is 1. The zero-order valence-electron chi connectivity index (χ0n) is 11.0. The van der Waals surface area contributed by atoms with Crippen molar-refractivity contribution in [3.63, 3.8) is 0 Å². The Labute approximate surface area is 113 Å². The number of benzene rings is 2. The second-order valence-electron chi connectivity index (χ2n) is 4.46. The van der Waals surface area contributed by atoms with Gasteiger partial charge in [0.05, 0.1) is 5.69 Å². The van der Waals surface area contributed by atoms with Gasteiger partial charge in [0.15, 0.2) is 0 Å². The molecule has 0 aliphatic rings. The van der Waals surface area contributed by atoms with Crippen LogP contribution < -0.4 is 0 Å². The summed E-state index contributed by atoms with van der Waals surface area (Å²) in [5.41, 5.74) is 1.59. The molecule has 0 unspecified atom stereocenters. The Balaban J connectivity index is 2.41. The normalized spacial score (nSPS) is 12.2. The average molecular weight is 273 g/mol. The highest BCUT2D eigenvalue weighted by molar-refractivity contribution is 7.57. The van der Waals surface area contributed by atoms with Gasteiger partial charge in [-0.2, -0.15) is 0 Å². The largest absolute Gasteiger partial charge is 0.425 e. The van der Waals surface area contributed by atoms with Crippen LogP contribution in [0.25, 0.3) is 0 Å². The summed E-state index contributed by atoms with van der Waals surface area (Å²) >= 11 is 0. The number of nitrogens with zero attached hydrogens (tertiary/aromatic N) is 1. The predicted octanol–water partition coefficient (Wildman–Crippen LogP) is 4.32. The summed E-state index contributed by atoms with van der Waals surface area (Å²) in [6.07, 6.45) is 0. The lowest BCUT2D eigenvalue weighted by Gasteiger charge is -2.13. The minimum Gasteiger partial charge on any atom is -0.425 e. The zero-order chi connectivity index (χ0) is 13.7. The molecule has 4 heteroatoms. The van der Waals surface area contributed by atoms with Gasteiger partial charge in [-0.3, -0.25) is 4.57 Å². The van der Waals surface area contributed by atoms with Crippen LogP contribution in [0.3, 0.4) is 0 Å². The maximum Gasteiger partial charge on any atom is 0.243 e. The number of hydrogen-bond donors (Lipinski definition) is 0. The van der Waals surface area contributed by atoms with Crippen LogP contribution in [-0.2, 0) is 9.09 Å². The molecule has 2 aromatic carbocycles. The second-order valence-corrected chi connectivity index (χ2v) is 7.15. The van der Waals surface area contributed by atoms with Crippen molar-refractivity contribution < 1.29 is 9.09 Å². The van der Waals surface area contributed by atoms with E-state index >= 15 is 0 Å². The minimum absolute atomic E-state index is 0.389. The molecular formula is C15H16NO2P. The van der Waals surface area contributed by atoms with Crippen LogP contribution in [-0.4, -0.2) is 19.2 Å². The van der Waals surface area contributed by atoms with Crippen molar-refractivity contribution in [3.05, 3.63) is 66.2 Å². The van der Waals surface area contributed by atoms with Crippen molar-refractivity contribution in [2.75, 3.05) is 13.3 Å².